The number of hydrogen-bond donors (Lipinski definition) is 2. The van der Waals surface area contributed by atoms with Crippen LogP contribution in [0.4, 0.5) is 4.79 Å². The van der Waals surface area contributed by atoms with Gasteiger partial charge in [-0.25, -0.2) is 4.79 Å². The number of ether oxygens (including phenoxy) is 1. The lowest BCUT2D eigenvalue weighted by Gasteiger charge is -2.39. The molecule has 1 fully saturated rings. The van der Waals surface area contributed by atoms with Gasteiger partial charge in [-0.3, -0.25) is 9.59 Å². The average molecular weight is 502 g/mol. The number of aryl methyl sites for hydroxylation is 2. The highest BCUT2D eigenvalue weighted by Gasteiger charge is 2.40. The van der Waals surface area contributed by atoms with E-state index >= 15 is 0 Å². The van der Waals surface area contributed by atoms with Crippen LogP contribution in [0.15, 0.2) is 18.2 Å². The number of nitrogens with zero attached hydrogens (tertiary/aromatic N) is 1. The Morgan fingerprint density at radius 2 is 1.61 bits per heavy atom. The topological polar surface area (TPSA) is 87.7 Å². The minimum atomic E-state index is -0.835. The van der Waals surface area contributed by atoms with Gasteiger partial charge in [0.15, 0.2) is 0 Å². The standard InChI is InChI=1S/C29H47N3O4/c1-18(2)24(31-28(35)36-29(7,8)9)27(34)32(19(3)4)25(23-16-15-20(5)17-21(23)6)26(33)30-22-13-11-10-12-14-22/h15-19,22,24-25H,10-14H2,1-9H3,(H,30,33)(H,31,35). The molecule has 1 aromatic rings. The molecule has 2 rings (SSSR count). The molecule has 0 heterocycles. The van der Waals surface area contributed by atoms with Crippen molar-refractivity contribution in [3.8, 4) is 0 Å². The Kier molecular flexibility index (Phi) is 10.4. The first-order valence-electron chi connectivity index (χ1n) is 13.4. The maximum absolute atomic E-state index is 14.1. The Hall–Kier alpha value is -2.57. The molecule has 1 aliphatic carbocycles. The van der Waals surface area contributed by atoms with Gasteiger partial charge in [0.25, 0.3) is 0 Å². The zero-order valence-electron chi connectivity index (χ0n) is 23.7. The summed E-state index contributed by atoms with van der Waals surface area (Å²) in [4.78, 5) is 42.2. The number of carbonyl (C=O) groups excluding carboxylic acids is 3. The number of alkyl carbamates (subject to hydrolysis) is 1. The fourth-order valence-corrected chi connectivity index (χ4v) is 4.87. The van der Waals surface area contributed by atoms with Crippen LogP contribution in [-0.2, 0) is 14.3 Å². The van der Waals surface area contributed by atoms with Gasteiger partial charge in [-0.05, 0) is 78.4 Å². The van der Waals surface area contributed by atoms with Gasteiger partial charge in [0.2, 0.25) is 11.8 Å². The smallest absolute Gasteiger partial charge is 0.408 e. The summed E-state index contributed by atoms with van der Waals surface area (Å²) in [6.45, 7) is 16.9. The Bertz CT molecular complexity index is 914. The van der Waals surface area contributed by atoms with E-state index in [4.69, 9.17) is 4.74 Å². The lowest BCUT2D eigenvalue weighted by molar-refractivity contribution is -0.145. The fraction of sp³-hybridized carbons (Fsp3) is 0.690. The summed E-state index contributed by atoms with van der Waals surface area (Å²) in [6, 6.07) is 4.17. The highest BCUT2D eigenvalue weighted by atomic mass is 16.6. The van der Waals surface area contributed by atoms with E-state index in [0.717, 1.165) is 42.4 Å². The van der Waals surface area contributed by atoms with Crippen LogP contribution in [0, 0.1) is 19.8 Å². The van der Waals surface area contributed by atoms with Crippen LogP contribution in [0.3, 0.4) is 0 Å². The molecule has 0 radical (unpaired) electrons. The third-order valence-corrected chi connectivity index (χ3v) is 6.61. The minimum Gasteiger partial charge on any atom is -0.444 e. The zero-order chi connectivity index (χ0) is 27.2. The Balaban J connectivity index is 2.47. The van der Waals surface area contributed by atoms with Gasteiger partial charge in [-0.2, -0.15) is 0 Å². The third kappa shape index (κ3) is 8.24. The molecule has 0 aromatic heterocycles. The maximum Gasteiger partial charge on any atom is 0.408 e. The largest absolute Gasteiger partial charge is 0.444 e. The minimum absolute atomic E-state index is 0.115. The number of nitrogens with one attached hydrogen (secondary N) is 2. The van der Waals surface area contributed by atoms with E-state index in [1.165, 1.54) is 6.42 Å². The maximum atomic E-state index is 14.1. The molecule has 1 aromatic carbocycles. The summed E-state index contributed by atoms with van der Waals surface area (Å²) in [6.07, 6.45) is 4.65. The molecule has 2 N–H and O–H groups in total. The van der Waals surface area contributed by atoms with Crippen molar-refractivity contribution in [2.24, 2.45) is 5.92 Å². The second-order valence-corrected chi connectivity index (χ2v) is 11.8. The average Bonchev–Trinajstić information content (AvgIpc) is 2.75. The molecule has 36 heavy (non-hydrogen) atoms. The Labute approximate surface area is 217 Å². The molecule has 1 saturated carbocycles. The molecular weight excluding hydrogens is 454 g/mol. The van der Waals surface area contributed by atoms with Crippen LogP contribution < -0.4 is 10.6 Å². The summed E-state index contributed by atoms with van der Waals surface area (Å²) in [7, 11) is 0. The number of rotatable bonds is 8. The van der Waals surface area contributed by atoms with Crippen molar-refractivity contribution in [3.63, 3.8) is 0 Å². The molecule has 3 amide bonds. The summed E-state index contributed by atoms with van der Waals surface area (Å²) < 4.78 is 5.43. The quantitative estimate of drug-likeness (QED) is 0.487. The lowest BCUT2D eigenvalue weighted by atomic mass is 9.92. The highest BCUT2D eigenvalue weighted by molar-refractivity contribution is 5.92. The molecule has 0 saturated heterocycles. The van der Waals surface area contributed by atoms with Crippen LogP contribution in [0.1, 0.15) is 103 Å². The molecule has 7 heteroatoms. The van der Waals surface area contributed by atoms with Crippen molar-refractivity contribution in [3.05, 3.63) is 34.9 Å². The lowest BCUT2D eigenvalue weighted by Crippen LogP contribution is -2.57. The number of benzene rings is 1. The van der Waals surface area contributed by atoms with Gasteiger partial charge < -0.3 is 20.3 Å². The van der Waals surface area contributed by atoms with Gasteiger partial charge in [0.1, 0.15) is 17.7 Å². The molecule has 2 unspecified atom stereocenters. The normalized spacial score (nSPS) is 16.4. The van der Waals surface area contributed by atoms with Gasteiger partial charge in [0, 0.05) is 12.1 Å². The van der Waals surface area contributed by atoms with Gasteiger partial charge >= 0.3 is 6.09 Å². The monoisotopic (exact) mass is 501 g/mol. The second kappa shape index (κ2) is 12.6. The van der Waals surface area contributed by atoms with Crippen molar-refractivity contribution in [2.45, 2.75) is 124 Å². The van der Waals surface area contributed by atoms with Crippen LogP contribution in [-0.4, -0.2) is 46.5 Å². The number of carbonyl (C=O) groups is 3. The Morgan fingerprint density at radius 3 is 2.11 bits per heavy atom. The first kappa shape index (κ1) is 29.7. The molecule has 0 aliphatic heterocycles. The molecule has 202 valence electrons. The van der Waals surface area contributed by atoms with E-state index in [1.54, 1.807) is 25.7 Å². The molecule has 1 aliphatic rings. The van der Waals surface area contributed by atoms with E-state index in [9.17, 15) is 14.4 Å². The second-order valence-electron chi connectivity index (χ2n) is 11.8. The number of amides is 3. The SMILES string of the molecule is Cc1ccc(C(C(=O)NC2CCCCC2)N(C(=O)C(NC(=O)OC(C)(C)C)C(C)C)C(C)C)c(C)c1. The molecule has 7 nitrogen and oxygen atoms in total. The van der Waals surface area contributed by atoms with Crippen LogP contribution in [0.5, 0.6) is 0 Å². The predicted octanol–water partition coefficient (Wildman–Crippen LogP) is 5.58. The first-order valence-corrected chi connectivity index (χ1v) is 13.4. The van der Waals surface area contributed by atoms with Crippen molar-refractivity contribution in [1.82, 2.24) is 15.5 Å². The van der Waals surface area contributed by atoms with Crippen molar-refractivity contribution in [1.29, 1.82) is 0 Å². The summed E-state index contributed by atoms with van der Waals surface area (Å²) in [5.74, 6) is -0.669. The van der Waals surface area contributed by atoms with E-state index in [0.29, 0.717) is 0 Å². The van der Waals surface area contributed by atoms with Gasteiger partial charge in [-0.1, -0.05) is 56.9 Å². The van der Waals surface area contributed by atoms with Crippen molar-refractivity contribution in [2.75, 3.05) is 0 Å². The molecule has 2 atom stereocenters. The van der Waals surface area contributed by atoms with Crippen molar-refractivity contribution < 1.29 is 19.1 Å². The molecule has 0 spiro atoms. The predicted molar refractivity (Wildman–Crippen MR) is 144 cm³/mol. The van der Waals surface area contributed by atoms with Gasteiger partial charge in [-0.15, -0.1) is 0 Å². The van der Waals surface area contributed by atoms with E-state index in [-0.39, 0.29) is 29.8 Å². The first-order chi connectivity index (χ1) is 16.7. The Morgan fingerprint density at radius 1 is 1.00 bits per heavy atom. The fourth-order valence-electron chi connectivity index (χ4n) is 4.87. The van der Waals surface area contributed by atoms with E-state index in [2.05, 4.69) is 10.6 Å². The van der Waals surface area contributed by atoms with E-state index < -0.39 is 23.8 Å². The molecule has 0 bridgehead atoms. The summed E-state index contributed by atoms with van der Waals surface area (Å²) >= 11 is 0. The van der Waals surface area contributed by atoms with Crippen LogP contribution >= 0.6 is 0 Å². The number of hydrogen-bond acceptors (Lipinski definition) is 4. The highest BCUT2D eigenvalue weighted by Crippen LogP contribution is 2.30. The third-order valence-electron chi connectivity index (χ3n) is 6.61. The summed E-state index contributed by atoms with van der Waals surface area (Å²) in [5.41, 5.74) is 2.17. The van der Waals surface area contributed by atoms with Crippen LogP contribution in [0.2, 0.25) is 0 Å². The van der Waals surface area contributed by atoms with E-state index in [1.807, 2.05) is 59.7 Å². The van der Waals surface area contributed by atoms with Crippen molar-refractivity contribution >= 4 is 17.9 Å². The van der Waals surface area contributed by atoms with Crippen LogP contribution in [0.25, 0.3) is 0 Å². The van der Waals surface area contributed by atoms with Gasteiger partial charge in [0.05, 0.1) is 0 Å². The zero-order valence-corrected chi connectivity index (χ0v) is 23.7. The molecular formula is C29H47N3O4. The summed E-state index contributed by atoms with van der Waals surface area (Å²) in [5, 5.41) is 6.02.